The number of pyridine rings is 2. The second kappa shape index (κ2) is 9.17. The van der Waals surface area contributed by atoms with Gasteiger partial charge in [0.2, 0.25) is 0 Å². The highest BCUT2D eigenvalue weighted by Gasteiger charge is 2.31. The zero-order chi connectivity index (χ0) is 22.1. The van der Waals surface area contributed by atoms with E-state index in [2.05, 4.69) is 45.0 Å². The second-order valence-electron chi connectivity index (χ2n) is 8.10. The molecule has 0 spiro atoms. The Bertz CT molecular complexity index is 1150. The first-order chi connectivity index (χ1) is 15.7. The van der Waals surface area contributed by atoms with Gasteiger partial charge in [-0.05, 0) is 61.9 Å². The highest BCUT2D eigenvalue weighted by molar-refractivity contribution is 8.15. The number of anilines is 1. The summed E-state index contributed by atoms with van der Waals surface area (Å²) < 4.78 is 1.05. The summed E-state index contributed by atoms with van der Waals surface area (Å²) in [7, 11) is 0. The maximum atomic E-state index is 13.8. The van der Waals surface area contributed by atoms with Crippen molar-refractivity contribution in [1.82, 2.24) is 20.7 Å². The van der Waals surface area contributed by atoms with Crippen LogP contribution in [0, 0.1) is 6.92 Å². The molecular formula is C23H26N6OS2. The summed E-state index contributed by atoms with van der Waals surface area (Å²) in [5.74, 6) is 0.623. The van der Waals surface area contributed by atoms with Gasteiger partial charge in [0.25, 0.3) is 5.91 Å². The van der Waals surface area contributed by atoms with Crippen LogP contribution in [0.2, 0.25) is 0 Å². The number of hydrogen-bond donors (Lipinski definition) is 2. The van der Waals surface area contributed by atoms with Gasteiger partial charge in [-0.1, -0.05) is 18.7 Å². The highest BCUT2D eigenvalue weighted by Crippen LogP contribution is 2.35. The fourth-order valence-electron chi connectivity index (χ4n) is 4.13. The van der Waals surface area contributed by atoms with Crippen LogP contribution in [0.3, 0.4) is 0 Å². The Morgan fingerprint density at radius 3 is 2.91 bits per heavy atom. The number of thiophene rings is 1. The summed E-state index contributed by atoms with van der Waals surface area (Å²) in [5, 5.41) is 12.3. The number of aryl methyl sites for hydroxylation is 1. The van der Waals surface area contributed by atoms with Crippen LogP contribution in [0.1, 0.15) is 47.8 Å². The van der Waals surface area contributed by atoms with Gasteiger partial charge >= 0.3 is 0 Å². The molecule has 1 fully saturated rings. The zero-order valence-electron chi connectivity index (χ0n) is 18.2. The van der Waals surface area contributed by atoms with Crippen molar-refractivity contribution in [1.29, 1.82) is 0 Å². The third kappa shape index (κ3) is 4.00. The lowest BCUT2D eigenvalue weighted by Gasteiger charge is -2.34. The first-order valence-corrected chi connectivity index (χ1v) is 12.7. The molecule has 0 saturated carbocycles. The van der Waals surface area contributed by atoms with E-state index in [-0.39, 0.29) is 11.9 Å². The van der Waals surface area contributed by atoms with Gasteiger partial charge in [-0.15, -0.1) is 11.3 Å². The van der Waals surface area contributed by atoms with E-state index in [1.165, 1.54) is 5.56 Å². The van der Waals surface area contributed by atoms with E-state index in [0.717, 1.165) is 58.9 Å². The Morgan fingerprint density at radius 2 is 2.19 bits per heavy atom. The molecule has 1 saturated heterocycles. The molecule has 0 radical (unpaired) electrons. The van der Waals surface area contributed by atoms with E-state index in [4.69, 9.17) is 0 Å². The number of carbonyl (C=O) groups excluding carboxylic acids is 1. The van der Waals surface area contributed by atoms with Gasteiger partial charge in [-0.2, -0.15) is 5.10 Å². The Kier molecular flexibility index (Phi) is 6.12. The number of nitrogens with zero attached hydrogens (tertiary/aromatic N) is 4. The minimum atomic E-state index is -0.109. The van der Waals surface area contributed by atoms with Crippen LogP contribution in [0.25, 0.3) is 10.1 Å². The molecule has 3 aromatic rings. The molecule has 5 rings (SSSR count). The third-order valence-electron chi connectivity index (χ3n) is 5.91. The van der Waals surface area contributed by atoms with Crippen LogP contribution >= 0.6 is 23.1 Å². The molecule has 3 aromatic heterocycles. The second-order valence-corrected chi connectivity index (χ2v) is 10.2. The lowest BCUT2D eigenvalue weighted by molar-refractivity contribution is 0.0967. The molecule has 2 aliphatic heterocycles. The van der Waals surface area contributed by atoms with Crippen molar-refractivity contribution in [2.75, 3.05) is 18.0 Å². The molecule has 166 valence electrons. The maximum Gasteiger partial charge on any atom is 0.278 e. The van der Waals surface area contributed by atoms with Crippen LogP contribution in [-0.4, -0.2) is 45.4 Å². The normalized spacial score (nSPS) is 20.8. The zero-order valence-corrected chi connectivity index (χ0v) is 19.8. The van der Waals surface area contributed by atoms with Crippen molar-refractivity contribution in [2.45, 2.75) is 44.5 Å². The minimum Gasteiger partial charge on any atom is -0.315 e. The van der Waals surface area contributed by atoms with Crippen molar-refractivity contribution in [2.24, 2.45) is 5.10 Å². The Morgan fingerprint density at radius 1 is 1.28 bits per heavy atom. The van der Waals surface area contributed by atoms with Gasteiger partial charge in [0, 0.05) is 29.9 Å². The molecule has 2 aliphatic rings. The number of carbonyl (C=O) groups is 1. The number of nitrogens with one attached hydrogen (secondary N) is 2. The predicted molar refractivity (Wildman–Crippen MR) is 133 cm³/mol. The predicted octanol–water partition coefficient (Wildman–Crippen LogP) is 4.13. The van der Waals surface area contributed by atoms with Gasteiger partial charge < -0.3 is 5.32 Å². The lowest BCUT2D eigenvalue weighted by Crippen LogP contribution is -2.49. The largest absolute Gasteiger partial charge is 0.315 e. The smallest absolute Gasteiger partial charge is 0.278 e. The molecule has 0 aromatic carbocycles. The summed E-state index contributed by atoms with van der Waals surface area (Å²) in [6.45, 7) is 5.96. The van der Waals surface area contributed by atoms with Crippen LogP contribution in [0.4, 0.5) is 5.82 Å². The van der Waals surface area contributed by atoms with Crippen molar-refractivity contribution in [3.63, 3.8) is 0 Å². The first-order valence-electron chi connectivity index (χ1n) is 11.0. The van der Waals surface area contributed by atoms with Crippen LogP contribution < -0.4 is 15.6 Å². The summed E-state index contributed by atoms with van der Waals surface area (Å²) >= 11 is 3.34. The molecular weight excluding hydrogens is 440 g/mol. The molecule has 9 heteroatoms. The fraction of sp³-hybridized carbons (Fsp3) is 0.391. The molecule has 0 bridgehead atoms. The monoisotopic (exact) mass is 466 g/mol. The summed E-state index contributed by atoms with van der Waals surface area (Å²) in [4.78, 5) is 24.9. The van der Waals surface area contributed by atoms with Crippen LogP contribution in [-0.2, 0) is 0 Å². The van der Waals surface area contributed by atoms with Crippen molar-refractivity contribution < 1.29 is 4.79 Å². The standard InChI is InChI=1S/C23H26N6OS2/c1-3-19-27-28-22(32-19)15-6-7-18(26-11-15)23(30)29(16-5-4-9-24-12-16)21-20-17(8-10-25-21)14(2)13-31-20/h6-8,10-11,13,16,19,24,27H,3-5,9,12H2,1-2H3/t16-,19?/m1/s1. The van der Waals surface area contributed by atoms with E-state index in [1.54, 1.807) is 35.5 Å². The maximum absolute atomic E-state index is 13.8. The molecule has 2 N–H and O–H groups in total. The molecule has 32 heavy (non-hydrogen) atoms. The number of piperidine rings is 1. The first kappa shape index (κ1) is 21.4. The van der Waals surface area contributed by atoms with Gasteiger partial charge in [-0.25, -0.2) is 4.98 Å². The van der Waals surface area contributed by atoms with E-state index in [0.29, 0.717) is 11.1 Å². The van der Waals surface area contributed by atoms with E-state index >= 15 is 0 Å². The number of hydrazone groups is 1. The Hall–Kier alpha value is -2.49. The average molecular weight is 467 g/mol. The van der Waals surface area contributed by atoms with Gasteiger partial charge in [0.1, 0.15) is 10.7 Å². The molecule has 1 unspecified atom stereocenters. The highest BCUT2D eigenvalue weighted by atomic mass is 32.2. The summed E-state index contributed by atoms with van der Waals surface area (Å²) in [5.41, 5.74) is 5.69. The van der Waals surface area contributed by atoms with Crippen LogP contribution in [0.5, 0.6) is 0 Å². The molecule has 0 aliphatic carbocycles. The number of fused-ring (bicyclic) bond motifs is 1. The van der Waals surface area contributed by atoms with Gasteiger partial charge in [0.15, 0.2) is 5.82 Å². The van der Waals surface area contributed by atoms with E-state index < -0.39 is 0 Å². The number of rotatable bonds is 5. The molecule has 5 heterocycles. The number of amides is 1. The van der Waals surface area contributed by atoms with Gasteiger partial charge in [-0.3, -0.25) is 20.1 Å². The minimum absolute atomic E-state index is 0.0440. The number of hydrogen-bond acceptors (Lipinski definition) is 8. The van der Waals surface area contributed by atoms with E-state index in [9.17, 15) is 4.79 Å². The quantitative estimate of drug-likeness (QED) is 0.588. The fourth-order valence-corrected chi connectivity index (χ4v) is 6.07. The number of aromatic nitrogens is 2. The molecule has 1 amide bonds. The van der Waals surface area contributed by atoms with Crippen LogP contribution in [0.15, 0.2) is 41.1 Å². The Balaban J connectivity index is 1.48. The third-order valence-corrected chi connectivity index (χ3v) is 8.29. The topological polar surface area (TPSA) is 82.5 Å². The van der Waals surface area contributed by atoms with E-state index in [1.807, 2.05) is 23.1 Å². The van der Waals surface area contributed by atoms with Crippen molar-refractivity contribution in [3.8, 4) is 0 Å². The summed E-state index contributed by atoms with van der Waals surface area (Å²) in [6, 6.07) is 5.81. The lowest BCUT2D eigenvalue weighted by atomic mass is 10.0. The average Bonchev–Trinajstić information content (AvgIpc) is 3.48. The SMILES string of the molecule is CCC1NN=C(c2ccc(C(=O)N(c3nccc4c(C)csc34)[C@@H]3CCCNC3)nc2)S1. The molecule has 2 atom stereocenters. The van der Waals surface area contributed by atoms with Gasteiger partial charge in [0.05, 0.1) is 16.1 Å². The molecule has 7 nitrogen and oxygen atoms in total. The van der Waals surface area contributed by atoms with Crippen molar-refractivity contribution >= 4 is 50.0 Å². The summed E-state index contributed by atoms with van der Waals surface area (Å²) in [6.07, 6.45) is 6.52. The Labute approximate surface area is 195 Å². The number of thioether (sulfide) groups is 1. The van der Waals surface area contributed by atoms with Crippen molar-refractivity contribution in [3.05, 3.63) is 52.8 Å².